The molecule has 1 fully saturated rings. The Morgan fingerprint density at radius 3 is 2.44 bits per heavy atom. The molecular weight excluding hydrogens is 570 g/mol. The van der Waals surface area contributed by atoms with Gasteiger partial charge >= 0.3 is 0 Å². The van der Waals surface area contributed by atoms with Crippen molar-refractivity contribution >= 4 is 46.0 Å². The van der Waals surface area contributed by atoms with Gasteiger partial charge in [-0.2, -0.15) is 13.9 Å². The van der Waals surface area contributed by atoms with Crippen LogP contribution in [-0.2, 0) is 4.79 Å². The van der Waals surface area contributed by atoms with Crippen LogP contribution in [0.5, 0.6) is 11.5 Å². The number of hydrogen-bond donors (Lipinski definition) is 1. The van der Waals surface area contributed by atoms with Gasteiger partial charge in [0, 0.05) is 30.8 Å². The number of fused-ring (bicyclic) bond motifs is 1. The van der Waals surface area contributed by atoms with Crippen LogP contribution in [0.2, 0.25) is 0 Å². The lowest BCUT2D eigenvalue weighted by molar-refractivity contribution is -0.131. The third-order valence-electron chi connectivity index (χ3n) is 6.25. The fraction of sp³-hybridized carbons (Fsp3) is 0.250. The van der Waals surface area contributed by atoms with E-state index in [1.165, 1.54) is 22.0 Å². The SMILES string of the molecule is Nc1ncnc2c1c(-c1ccc(Oc3c(F)c(F)cc(F)c3F)cc1F)nn2[C@@H]1CCCN(C(=O)C(Cl)Cl)C1. The van der Waals surface area contributed by atoms with Gasteiger partial charge in [0.1, 0.15) is 29.4 Å². The highest BCUT2D eigenvalue weighted by atomic mass is 35.5. The summed E-state index contributed by atoms with van der Waals surface area (Å²) in [4.78, 5) is 20.8. The summed E-state index contributed by atoms with van der Waals surface area (Å²) >= 11 is 11.5. The number of benzene rings is 2. The quantitative estimate of drug-likeness (QED) is 0.187. The van der Waals surface area contributed by atoms with Gasteiger partial charge in [0.25, 0.3) is 5.91 Å². The lowest BCUT2D eigenvalue weighted by Crippen LogP contribution is -2.43. The maximum atomic E-state index is 15.3. The van der Waals surface area contributed by atoms with Gasteiger partial charge in [0.2, 0.25) is 17.4 Å². The number of nitrogen functional groups attached to an aromatic ring is 1. The number of alkyl halides is 2. The summed E-state index contributed by atoms with van der Waals surface area (Å²) in [5.41, 5.74) is 6.33. The molecular formula is C24H17Cl2F5N6O2. The van der Waals surface area contributed by atoms with Gasteiger partial charge in [0.05, 0.1) is 11.4 Å². The molecule has 0 radical (unpaired) electrons. The average molecular weight is 587 g/mol. The second-order valence-electron chi connectivity index (χ2n) is 8.67. The first-order chi connectivity index (χ1) is 18.6. The predicted octanol–water partition coefficient (Wildman–Crippen LogP) is 5.53. The Labute approximate surface area is 227 Å². The van der Waals surface area contributed by atoms with E-state index in [-0.39, 0.29) is 46.8 Å². The number of aromatic nitrogens is 4. The molecule has 0 spiro atoms. The number of piperidine rings is 1. The van der Waals surface area contributed by atoms with Crippen molar-refractivity contribution in [3.63, 3.8) is 0 Å². The van der Waals surface area contributed by atoms with Crippen LogP contribution in [0.15, 0.2) is 30.6 Å². The van der Waals surface area contributed by atoms with Crippen LogP contribution < -0.4 is 10.5 Å². The number of halogens is 7. The number of likely N-dealkylation sites (tertiary alicyclic amines) is 1. The van der Waals surface area contributed by atoms with E-state index in [9.17, 15) is 22.4 Å². The molecule has 4 aromatic rings. The first kappa shape index (κ1) is 26.9. The van der Waals surface area contributed by atoms with Crippen molar-refractivity contribution in [3.8, 4) is 22.8 Å². The molecule has 2 aromatic carbocycles. The van der Waals surface area contributed by atoms with Gasteiger partial charge < -0.3 is 15.4 Å². The van der Waals surface area contributed by atoms with Crippen molar-refractivity contribution < 1.29 is 31.5 Å². The number of nitrogens with zero attached hydrogens (tertiary/aromatic N) is 5. The third-order valence-corrected chi connectivity index (χ3v) is 6.62. The monoisotopic (exact) mass is 586 g/mol. The first-order valence-electron chi connectivity index (χ1n) is 11.4. The summed E-state index contributed by atoms with van der Waals surface area (Å²) in [6, 6.07) is 2.74. The van der Waals surface area contributed by atoms with E-state index in [4.69, 9.17) is 33.7 Å². The smallest absolute Gasteiger partial charge is 0.255 e. The van der Waals surface area contributed by atoms with Crippen LogP contribution >= 0.6 is 23.2 Å². The fourth-order valence-electron chi connectivity index (χ4n) is 4.44. The number of rotatable bonds is 5. The zero-order valence-electron chi connectivity index (χ0n) is 19.6. The second-order valence-corrected chi connectivity index (χ2v) is 9.77. The van der Waals surface area contributed by atoms with E-state index in [0.717, 1.165) is 12.1 Å². The molecule has 0 saturated carbocycles. The van der Waals surface area contributed by atoms with Crippen molar-refractivity contribution in [1.29, 1.82) is 0 Å². The Morgan fingerprint density at radius 1 is 1.05 bits per heavy atom. The number of ether oxygens (including phenoxy) is 1. The molecule has 39 heavy (non-hydrogen) atoms. The second kappa shape index (κ2) is 10.5. The summed E-state index contributed by atoms with van der Waals surface area (Å²) in [6.07, 6.45) is 2.44. The minimum atomic E-state index is -1.78. The number of anilines is 1. The number of hydrogen-bond acceptors (Lipinski definition) is 6. The van der Waals surface area contributed by atoms with E-state index in [1.807, 2.05) is 0 Å². The number of carbonyl (C=O) groups excluding carboxylic acids is 1. The molecule has 1 amide bonds. The van der Waals surface area contributed by atoms with Crippen LogP contribution in [0.1, 0.15) is 18.9 Å². The Bertz CT molecular complexity index is 1580. The fourth-order valence-corrected chi connectivity index (χ4v) is 4.72. The van der Waals surface area contributed by atoms with Crippen LogP contribution in [0.3, 0.4) is 0 Å². The van der Waals surface area contributed by atoms with E-state index >= 15 is 4.39 Å². The van der Waals surface area contributed by atoms with Crippen molar-refractivity contribution in [2.24, 2.45) is 0 Å². The maximum Gasteiger partial charge on any atom is 0.255 e. The molecule has 2 N–H and O–H groups in total. The molecule has 1 aliphatic heterocycles. The lowest BCUT2D eigenvalue weighted by atomic mass is 10.1. The first-order valence-corrected chi connectivity index (χ1v) is 12.3. The van der Waals surface area contributed by atoms with Crippen LogP contribution in [0.25, 0.3) is 22.3 Å². The van der Waals surface area contributed by atoms with Crippen LogP contribution in [0.4, 0.5) is 27.8 Å². The molecule has 2 aromatic heterocycles. The highest BCUT2D eigenvalue weighted by molar-refractivity contribution is 6.53. The largest absolute Gasteiger partial charge is 0.451 e. The van der Waals surface area contributed by atoms with E-state index in [0.29, 0.717) is 19.4 Å². The standard InChI is InChI=1S/C24H17Cl2F5N6O2/c25-21(26)24(38)36-5-1-2-10(8-36)37-23-16(22(32)33-9-34-23)19(35-37)12-4-3-11(6-13(12)27)39-20-17(30)14(28)7-15(29)18(20)31/h3-4,6-7,9-10,21H,1-2,5,8H2,(H2,32,33,34)/t10-/m1/s1. The Morgan fingerprint density at radius 2 is 1.77 bits per heavy atom. The Kier molecular flexibility index (Phi) is 7.21. The third kappa shape index (κ3) is 4.91. The van der Waals surface area contributed by atoms with Gasteiger partial charge in [0.15, 0.2) is 22.1 Å². The van der Waals surface area contributed by atoms with Gasteiger partial charge in [-0.05, 0) is 25.0 Å². The van der Waals surface area contributed by atoms with Crippen molar-refractivity contribution in [3.05, 3.63) is 59.7 Å². The average Bonchev–Trinajstić information content (AvgIpc) is 3.30. The highest BCUT2D eigenvalue weighted by Gasteiger charge is 2.31. The summed E-state index contributed by atoms with van der Waals surface area (Å²) in [6.45, 7) is 0.659. The van der Waals surface area contributed by atoms with Crippen LogP contribution in [0, 0.1) is 29.1 Å². The molecule has 0 unspecified atom stereocenters. The Hall–Kier alpha value is -3.71. The summed E-state index contributed by atoms with van der Waals surface area (Å²) in [5.74, 6) is -10.1. The van der Waals surface area contributed by atoms with Crippen molar-refractivity contribution in [2.75, 3.05) is 18.8 Å². The Balaban J connectivity index is 1.53. The normalized spacial score (nSPS) is 15.8. The minimum absolute atomic E-state index is 0.00526. The maximum absolute atomic E-state index is 15.3. The van der Waals surface area contributed by atoms with Crippen LogP contribution in [-0.4, -0.2) is 48.5 Å². The number of carbonyl (C=O) groups is 1. The van der Waals surface area contributed by atoms with E-state index < -0.39 is 51.3 Å². The summed E-state index contributed by atoms with van der Waals surface area (Å²) < 4.78 is 76.9. The lowest BCUT2D eigenvalue weighted by Gasteiger charge is -2.33. The van der Waals surface area contributed by atoms with Gasteiger partial charge in [-0.15, -0.1) is 0 Å². The minimum Gasteiger partial charge on any atom is -0.451 e. The number of amides is 1. The molecule has 15 heteroatoms. The molecule has 3 heterocycles. The molecule has 5 rings (SSSR count). The molecule has 0 bridgehead atoms. The van der Waals surface area contributed by atoms with E-state index in [2.05, 4.69) is 15.1 Å². The number of nitrogens with two attached hydrogens (primary N) is 1. The predicted molar refractivity (Wildman–Crippen MR) is 132 cm³/mol. The summed E-state index contributed by atoms with van der Waals surface area (Å²) in [5, 5.41) is 4.77. The molecule has 1 atom stereocenters. The van der Waals surface area contributed by atoms with Crippen molar-refractivity contribution in [2.45, 2.75) is 23.7 Å². The molecule has 1 saturated heterocycles. The zero-order chi connectivity index (χ0) is 28.0. The van der Waals surface area contributed by atoms with E-state index in [1.54, 1.807) is 0 Å². The molecule has 204 valence electrons. The molecule has 0 aliphatic carbocycles. The van der Waals surface area contributed by atoms with Gasteiger partial charge in [-0.1, -0.05) is 23.2 Å². The zero-order valence-corrected chi connectivity index (χ0v) is 21.2. The topological polar surface area (TPSA) is 99.2 Å². The summed E-state index contributed by atoms with van der Waals surface area (Å²) in [7, 11) is 0. The molecule has 8 nitrogen and oxygen atoms in total. The highest BCUT2D eigenvalue weighted by Crippen LogP contribution is 2.37. The van der Waals surface area contributed by atoms with Gasteiger partial charge in [-0.25, -0.2) is 27.8 Å². The molecule has 1 aliphatic rings. The van der Waals surface area contributed by atoms with Crippen molar-refractivity contribution in [1.82, 2.24) is 24.6 Å². The van der Waals surface area contributed by atoms with Gasteiger partial charge in [-0.3, -0.25) is 4.79 Å².